The van der Waals surface area contributed by atoms with Gasteiger partial charge in [0, 0.05) is 6.54 Å². The van der Waals surface area contributed by atoms with E-state index in [0.717, 1.165) is 48.8 Å². The SMILES string of the molecule is CCCCCN1C(=O)c2oc3c(C)cc(C)cc3c(=O)c2C1c1ccc(OCCCC)c(OCC)c1. The summed E-state index contributed by atoms with van der Waals surface area (Å²) in [6, 6.07) is 9.03. The standard InChI is InChI=1S/C30H37NO5/c1-6-9-11-14-31-26(21-12-13-23(35-15-10-7-2)24(18-21)34-8-3)25-27(32)22-17-19(4)16-20(5)28(22)36-29(25)30(31)33/h12-13,16-18,26H,6-11,14-15H2,1-5H3. The Bertz CT molecular complexity index is 1310. The van der Waals surface area contributed by atoms with Crippen LogP contribution in [-0.2, 0) is 0 Å². The van der Waals surface area contributed by atoms with Gasteiger partial charge in [0.2, 0.25) is 5.76 Å². The Morgan fingerprint density at radius 2 is 1.69 bits per heavy atom. The molecule has 0 saturated carbocycles. The lowest BCUT2D eigenvalue weighted by Crippen LogP contribution is -2.30. The van der Waals surface area contributed by atoms with Crippen molar-refractivity contribution in [1.82, 2.24) is 4.90 Å². The van der Waals surface area contributed by atoms with Gasteiger partial charge < -0.3 is 18.8 Å². The highest BCUT2D eigenvalue weighted by molar-refractivity contribution is 5.99. The number of carbonyl (C=O) groups excluding carboxylic acids is 1. The molecule has 1 aliphatic rings. The summed E-state index contributed by atoms with van der Waals surface area (Å²) >= 11 is 0. The summed E-state index contributed by atoms with van der Waals surface area (Å²) in [6.45, 7) is 11.7. The molecule has 2 heterocycles. The van der Waals surface area contributed by atoms with E-state index in [0.29, 0.717) is 47.8 Å². The van der Waals surface area contributed by atoms with Gasteiger partial charge in [0.05, 0.1) is 30.2 Å². The number of ether oxygens (including phenoxy) is 2. The third-order valence-corrected chi connectivity index (χ3v) is 6.74. The van der Waals surface area contributed by atoms with Crippen LogP contribution in [0.3, 0.4) is 0 Å². The molecule has 192 valence electrons. The van der Waals surface area contributed by atoms with Crippen LogP contribution in [0.25, 0.3) is 11.0 Å². The monoisotopic (exact) mass is 491 g/mol. The van der Waals surface area contributed by atoms with Crippen molar-refractivity contribution in [2.45, 2.75) is 72.8 Å². The van der Waals surface area contributed by atoms with Crippen LogP contribution in [0.15, 0.2) is 39.5 Å². The fourth-order valence-corrected chi connectivity index (χ4v) is 4.99. The maximum absolute atomic E-state index is 13.9. The number of hydrogen-bond donors (Lipinski definition) is 0. The van der Waals surface area contributed by atoms with Gasteiger partial charge in [-0.25, -0.2) is 0 Å². The molecule has 0 N–H and O–H groups in total. The summed E-state index contributed by atoms with van der Waals surface area (Å²) in [5.74, 6) is 1.22. The smallest absolute Gasteiger partial charge is 0.290 e. The first-order valence-corrected chi connectivity index (χ1v) is 13.2. The molecule has 0 fully saturated rings. The van der Waals surface area contributed by atoms with Crippen molar-refractivity contribution < 1.29 is 18.7 Å². The van der Waals surface area contributed by atoms with Gasteiger partial charge in [-0.15, -0.1) is 0 Å². The zero-order valence-electron chi connectivity index (χ0n) is 22.1. The molecule has 0 saturated heterocycles. The molecule has 0 aliphatic carbocycles. The summed E-state index contributed by atoms with van der Waals surface area (Å²) < 4.78 is 18.1. The second-order valence-corrected chi connectivity index (χ2v) is 9.58. The Balaban J connectivity index is 1.87. The molecule has 0 radical (unpaired) electrons. The van der Waals surface area contributed by atoms with Crippen molar-refractivity contribution in [3.05, 3.63) is 68.6 Å². The highest BCUT2D eigenvalue weighted by atomic mass is 16.5. The lowest BCUT2D eigenvalue weighted by molar-refractivity contribution is 0.0724. The molecule has 1 aromatic heterocycles. The van der Waals surface area contributed by atoms with Crippen LogP contribution in [0, 0.1) is 13.8 Å². The Kier molecular flexibility index (Phi) is 8.02. The predicted octanol–water partition coefficient (Wildman–Crippen LogP) is 6.72. The van der Waals surface area contributed by atoms with Crippen molar-refractivity contribution in [3.8, 4) is 11.5 Å². The van der Waals surface area contributed by atoms with E-state index in [1.165, 1.54) is 0 Å². The summed E-state index contributed by atoms with van der Waals surface area (Å²) in [4.78, 5) is 29.3. The molecule has 1 unspecified atom stereocenters. The van der Waals surface area contributed by atoms with Crippen molar-refractivity contribution in [3.63, 3.8) is 0 Å². The highest BCUT2D eigenvalue weighted by Gasteiger charge is 2.42. The van der Waals surface area contributed by atoms with Crippen LogP contribution in [-0.4, -0.2) is 30.6 Å². The van der Waals surface area contributed by atoms with Crippen LogP contribution in [0.2, 0.25) is 0 Å². The highest BCUT2D eigenvalue weighted by Crippen LogP contribution is 2.41. The fourth-order valence-electron chi connectivity index (χ4n) is 4.99. The zero-order valence-corrected chi connectivity index (χ0v) is 22.1. The van der Waals surface area contributed by atoms with Crippen LogP contribution >= 0.6 is 0 Å². The third-order valence-electron chi connectivity index (χ3n) is 6.74. The fraction of sp³-hybridized carbons (Fsp3) is 0.467. The molecule has 3 aromatic rings. The van der Waals surface area contributed by atoms with Crippen LogP contribution in [0.5, 0.6) is 11.5 Å². The van der Waals surface area contributed by atoms with E-state index in [1.807, 2.05) is 51.1 Å². The number of rotatable bonds is 11. The molecule has 2 aromatic carbocycles. The number of fused-ring (bicyclic) bond motifs is 2. The molecular weight excluding hydrogens is 454 g/mol. The van der Waals surface area contributed by atoms with Gasteiger partial charge in [-0.1, -0.05) is 45.2 Å². The normalized spacial score (nSPS) is 15.0. The van der Waals surface area contributed by atoms with Gasteiger partial charge in [0.1, 0.15) is 5.58 Å². The average molecular weight is 492 g/mol. The maximum atomic E-state index is 13.9. The van der Waals surface area contributed by atoms with Crippen molar-refractivity contribution in [1.29, 1.82) is 0 Å². The van der Waals surface area contributed by atoms with Gasteiger partial charge in [-0.2, -0.15) is 0 Å². The Hall–Kier alpha value is -3.28. The molecule has 0 bridgehead atoms. The van der Waals surface area contributed by atoms with E-state index in [-0.39, 0.29) is 17.1 Å². The number of unbranched alkanes of at least 4 members (excludes halogenated alkanes) is 3. The van der Waals surface area contributed by atoms with Crippen molar-refractivity contribution in [2.75, 3.05) is 19.8 Å². The Labute approximate surface area is 213 Å². The first-order valence-electron chi connectivity index (χ1n) is 13.2. The van der Waals surface area contributed by atoms with E-state index in [9.17, 15) is 9.59 Å². The second kappa shape index (κ2) is 11.2. The minimum Gasteiger partial charge on any atom is -0.490 e. The number of aryl methyl sites for hydroxylation is 2. The predicted molar refractivity (Wildman–Crippen MR) is 142 cm³/mol. The summed E-state index contributed by atoms with van der Waals surface area (Å²) in [7, 11) is 0. The summed E-state index contributed by atoms with van der Waals surface area (Å²) in [5.41, 5.74) is 3.42. The second-order valence-electron chi connectivity index (χ2n) is 9.58. The quantitative estimate of drug-likeness (QED) is 0.278. The topological polar surface area (TPSA) is 69.0 Å². The molecule has 1 aliphatic heterocycles. The first-order chi connectivity index (χ1) is 17.4. The van der Waals surface area contributed by atoms with E-state index >= 15 is 0 Å². The van der Waals surface area contributed by atoms with Crippen molar-refractivity contribution in [2.24, 2.45) is 0 Å². The van der Waals surface area contributed by atoms with Crippen LogP contribution < -0.4 is 14.9 Å². The van der Waals surface area contributed by atoms with Crippen molar-refractivity contribution >= 4 is 16.9 Å². The van der Waals surface area contributed by atoms with Gasteiger partial charge >= 0.3 is 0 Å². The summed E-state index contributed by atoms with van der Waals surface area (Å²) in [6.07, 6.45) is 4.89. The van der Waals surface area contributed by atoms with E-state index in [4.69, 9.17) is 13.9 Å². The number of nitrogens with zero attached hydrogens (tertiary/aromatic N) is 1. The molecule has 0 spiro atoms. The minimum absolute atomic E-state index is 0.143. The molecule has 1 atom stereocenters. The molecule has 6 nitrogen and oxygen atoms in total. The summed E-state index contributed by atoms with van der Waals surface area (Å²) in [5, 5.41) is 0.518. The molecule has 36 heavy (non-hydrogen) atoms. The largest absolute Gasteiger partial charge is 0.490 e. The average Bonchev–Trinajstić information content (AvgIpc) is 3.13. The number of carbonyl (C=O) groups is 1. The van der Waals surface area contributed by atoms with Crippen LogP contribution in [0.1, 0.15) is 91.7 Å². The lowest BCUT2D eigenvalue weighted by Gasteiger charge is -2.26. The van der Waals surface area contributed by atoms with Crippen LogP contribution in [0.4, 0.5) is 0 Å². The van der Waals surface area contributed by atoms with E-state index < -0.39 is 6.04 Å². The molecule has 6 heteroatoms. The van der Waals surface area contributed by atoms with Gasteiger partial charge in [-0.3, -0.25) is 9.59 Å². The number of benzene rings is 2. The Morgan fingerprint density at radius 1 is 0.917 bits per heavy atom. The van der Waals surface area contributed by atoms with Gasteiger partial charge in [-0.05, 0) is 68.5 Å². The van der Waals surface area contributed by atoms with Gasteiger partial charge in [0.15, 0.2) is 16.9 Å². The molecule has 1 amide bonds. The third kappa shape index (κ3) is 4.86. The minimum atomic E-state index is -0.533. The van der Waals surface area contributed by atoms with E-state index in [2.05, 4.69) is 13.8 Å². The number of hydrogen-bond acceptors (Lipinski definition) is 5. The van der Waals surface area contributed by atoms with E-state index in [1.54, 1.807) is 4.90 Å². The first kappa shape index (κ1) is 25.8. The Morgan fingerprint density at radius 3 is 2.42 bits per heavy atom. The molecular formula is C30H37NO5. The lowest BCUT2D eigenvalue weighted by atomic mass is 9.97. The number of amides is 1. The molecule has 4 rings (SSSR count). The zero-order chi connectivity index (χ0) is 25.8. The maximum Gasteiger partial charge on any atom is 0.290 e. The van der Waals surface area contributed by atoms with Gasteiger partial charge in [0.25, 0.3) is 5.91 Å².